The molecule has 0 saturated heterocycles. The molecule has 146 valence electrons. The molecule has 3 rings (SSSR count). The fraction of sp³-hybridized carbons (Fsp3) is 0.421. The van der Waals surface area contributed by atoms with Crippen LogP contribution in [0, 0.1) is 0 Å². The highest BCUT2D eigenvalue weighted by Gasteiger charge is 2.32. The Bertz CT molecular complexity index is 924. The second kappa shape index (κ2) is 7.61. The lowest BCUT2D eigenvalue weighted by molar-refractivity contribution is 0.0942. The molecule has 2 aromatic rings. The highest BCUT2D eigenvalue weighted by atomic mass is 32.2. The van der Waals surface area contributed by atoms with Gasteiger partial charge in [-0.25, -0.2) is 8.42 Å². The summed E-state index contributed by atoms with van der Waals surface area (Å²) in [6.45, 7) is 2.38. The number of benzene rings is 1. The number of amides is 1. The molecule has 1 aliphatic rings. The van der Waals surface area contributed by atoms with Crippen molar-refractivity contribution < 1.29 is 13.2 Å². The van der Waals surface area contributed by atoms with Crippen LogP contribution in [0.1, 0.15) is 34.5 Å². The Labute approximate surface area is 164 Å². The molecule has 0 radical (unpaired) electrons. The number of thiophene rings is 1. The third-order valence-corrected chi connectivity index (χ3v) is 6.83. The van der Waals surface area contributed by atoms with Gasteiger partial charge in [0.25, 0.3) is 5.91 Å². The Kier molecular flexibility index (Phi) is 5.60. The van der Waals surface area contributed by atoms with E-state index in [1.807, 2.05) is 32.5 Å². The fourth-order valence-electron chi connectivity index (χ4n) is 3.60. The Hall–Kier alpha value is -1.90. The van der Waals surface area contributed by atoms with Crippen LogP contribution in [0.15, 0.2) is 35.0 Å². The summed E-state index contributed by atoms with van der Waals surface area (Å²) in [7, 11) is 0.656. The number of anilines is 1. The van der Waals surface area contributed by atoms with E-state index in [9.17, 15) is 13.2 Å². The zero-order valence-electron chi connectivity index (χ0n) is 16.0. The van der Waals surface area contributed by atoms with E-state index in [0.717, 1.165) is 5.56 Å². The minimum absolute atomic E-state index is 0.107. The molecule has 2 atom stereocenters. The van der Waals surface area contributed by atoms with Gasteiger partial charge in [-0.05, 0) is 73.6 Å². The van der Waals surface area contributed by atoms with Gasteiger partial charge in [0, 0.05) is 18.2 Å². The van der Waals surface area contributed by atoms with Crippen LogP contribution in [0.25, 0.3) is 0 Å². The van der Waals surface area contributed by atoms with Crippen molar-refractivity contribution in [3.63, 3.8) is 0 Å². The number of nitrogens with zero attached hydrogens (tertiary/aromatic N) is 2. The van der Waals surface area contributed by atoms with Crippen LogP contribution in [-0.4, -0.2) is 52.2 Å². The average molecular weight is 408 g/mol. The topological polar surface area (TPSA) is 69.7 Å². The summed E-state index contributed by atoms with van der Waals surface area (Å²) in [6, 6.07) is 7.27. The summed E-state index contributed by atoms with van der Waals surface area (Å²) in [4.78, 5) is 14.7. The van der Waals surface area contributed by atoms with Crippen molar-refractivity contribution in [2.24, 2.45) is 0 Å². The maximum Gasteiger partial charge on any atom is 0.251 e. The molecule has 1 amide bonds. The molecule has 0 unspecified atom stereocenters. The van der Waals surface area contributed by atoms with Gasteiger partial charge >= 0.3 is 0 Å². The van der Waals surface area contributed by atoms with Gasteiger partial charge in [-0.1, -0.05) is 0 Å². The van der Waals surface area contributed by atoms with Gasteiger partial charge in [0.2, 0.25) is 10.0 Å². The molecular weight excluding hydrogens is 382 g/mol. The standard InChI is InChI=1S/C19H25N3O3S2/c1-13-9-16-10-14(5-6-17(16)22(13)27(4,24)25)19(23)20-11-18(21(2)3)15-7-8-26-12-15/h5-8,10,12-13,18H,9,11H2,1-4H3,(H,20,23)/t13-,18-/m0/s1. The first-order chi connectivity index (χ1) is 12.7. The second-order valence-corrected chi connectivity index (χ2v) is 9.84. The molecule has 8 heteroatoms. The van der Waals surface area contributed by atoms with Gasteiger partial charge in [-0.2, -0.15) is 11.3 Å². The van der Waals surface area contributed by atoms with Crippen LogP contribution in [0.3, 0.4) is 0 Å². The Morgan fingerprint density at radius 3 is 2.70 bits per heavy atom. The molecule has 0 bridgehead atoms. The predicted molar refractivity (Wildman–Crippen MR) is 110 cm³/mol. The molecule has 6 nitrogen and oxygen atoms in total. The van der Waals surface area contributed by atoms with E-state index in [4.69, 9.17) is 0 Å². The number of carbonyl (C=O) groups is 1. The van der Waals surface area contributed by atoms with E-state index in [2.05, 4.69) is 21.7 Å². The Morgan fingerprint density at radius 1 is 1.37 bits per heavy atom. The van der Waals surface area contributed by atoms with E-state index in [0.29, 0.717) is 24.2 Å². The van der Waals surface area contributed by atoms with E-state index in [-0.39, 0.29) is 18.0 Å². The van der Waals surface area contributed by atoms with Crippen molar-refractivity contribution in [2.75, 3.05) is 31.2 Å². The first-order valence-corrected chi connectivity index (χ1v) is 11.6. The number of rotatable bonds is 6. The van der Waals surface area contributed by atoms with Gasteiger partial charge in [-0.15, -0.1) is 0 Å². The lowest BCUT2D eigenvalue weighted by Gasteiger charge is -2.24. The molecule has 0 fully saturated rings. The first kappa shape index (κ1) is 19.9. The summed E-state index contributed by atoms with van der Waals surface area (Å²) in [6.07, 6.45) is 1.82. The fourth-order valence-corrected chi connectivity index (χ4v) is 5.57. The predicted octanol–water partition coefficient (Wildman–Crippen LogP) is 2.49. The molecule has 0 spiro atoms. The third-order valence-electron chi connectivity index (χ3n) is 4.86. The minimum Gasteiger partial charge on any atom is -0.350 e. The van der Waals surface area contributed by atoms with Crippen molar-refractivity contribution in [3.05, 3.63) is 51.7 Å². The van der Waals surface area contributed by atoms with Gasteiger partial charge < -0.3 is 10.2 Å². The zero-order chi connectivity index (χ0) is 19.8. The molecule has 1 aromatic carbocycles. The third kappa shape index (κ3) is 4.17. The number of hydrogen-bond donors (Lipinski definition) is 1. The smallest absolute Gasteiger partial charge is 0.251 e. The number of hydrogen-bond acceptors (Lipinski definition) is 5. The van der Waals surface area contributed by atoms with Crippen LogP contribution >= 0.6 is 11.3 Å². The number of nitrogens with one attached hydrogen (secondary N) is 1. The van der Waals surface area contributed by atoms with Gasteiger partial charge in [-0.3, -0.25) is 9.10 Å². The number of likely N-dealkylation sites (N-methyl/N-ethyl adjacent to an activating group) is 1. The van der Waals surface area contributed by atoms with Crippen LogP contribution < -0.4 is 9.62 Å². The molecule has 1 aliphatic heterocycles. The highest BCUT2D eigenvalue weighted by molar-refractivity contribution is 7.92. The quantitative estimate of drug-likeness (QED) is 0.799. The monoisotopic (exact) mass is 407 g/mol. The molecule has 0 aliphatic carbocycles. The zero-order valence-corrected chi connectivity index (χ0v) is 17.6. The van der Waals surface area contributed by atoms with Crippen molar-refractivity contribution in [2.45, 2.75) is 25.4 Å². The Balaban J connectivity index is 1.74. The molecular formula is C19H25N3O3S2. The van der Waals surface area contributed by atoms with Gasteiger partial charge in [0.05, 0.1) is 18.0 Å². The summed E-state index contributed by atoms with van der Waals surface area (Å²) in [5.41, 5.74) is 3.30. The lowest BCUT2D eigenvalue weighted by atomic mass is 10.1. The maximum absolute atomic E-state index is 12.6. The maximum atomic E-state index is 12.6. The number of fused-ring (bicyclic) bond motifs is 1. The highest BCUT2D eigenvalue weighted by Crippen LogP contribution is 2.34. The van der Waals surface area contributed by atoms with Crippen molar-refractivity contribution in [1.82, 2.24) is 10.2 Å². The summed E-state index contributed by atoms with van der Waals surface area (Å²) in [5.74, 6) is -0.148. The van der Waals surface area contributed by atoms with Crippen LogP contribution in [0.4, 0.5) is 5.69 Å². The first-order valence-electron chi connectivity index (χ1n) is 8.77. The van der Waals surface area contributed by atoms with E-state index in [1.54, 1.807) is 23.5 Å². The minimum atomic E-state index is -3.33. The van der Waals surface area contributed by atoms with Crippen molar-refractivity contribution in [1.29, 1.82) is 0 Å². The van der Waals surface area contributed by atoms with E-state index >= 15 is 0 Å². The number of sulfonamides is 1. The normalized spacial score (nSPS) is 17.8. The van der Waals surface area contributed by atoms with Gasteiger partial charge in [0.15, 0.2) is 0 Å². The lowest BCUT2D eigenvalue weighted by Crippen LogP contribution is -2.34. The summed E-state index contributed by atoms with van der Waals surface area (Å²) < 4.78 is 25.5. The summed E-state index contributed by atoms with van der Waals surface area (Å²) in [5, 5.41) is 7.13. The SMILES string of the molecule is C[C@H]1Cc2cc(C(=O)NC[C@@H](c3ccsc3)N(C)C)ccc2N1S(C)(=O)=O. The number of carbonyl (C=O) groups excluding carboxylic acids is 1. The molecule has 2 heterocycles. The Morgan fingerprint density at radius 2 is 2.11 bits per heavy atom. The molecule has 0 saturated carbocycles. The largest absolute Gasteiger partial charge is 0.350 e. The average Bonchev–Trinajstić information content (AvgIpc) is 3.19. The molecule has 27 heavy (non-hydrogen) atoms. The van der Waals surface area contributed by atoms with Crippen LogP contribution in [0.5, 0.6) is 0 Å². The van der Waals surface area contributed by atoms with Crippen molar-refractivity contribution in [3.8, 4) is 0 Å². The molecule has 1 aromatic heterocycles. The van der Waals surface area contributed by atoms with Crippen molar-refractivity contribution >= 4 is 33.0 Å². The van der Waals surface area contributed by atoms with Gasteiger partial charge in [0.1, 0.15) is 0 Å². The van der Waals surface area contributed by atoms with Crippen LogP contribution in [0.2, 0.25) is 0 Å². The van der Waals surface area contributed by atoms with E-state index in [1.165, 1.54) is 16.1 Å². The second-order valence-electron chi connectivity index (χ2n) is 7.20. The molecule has 1 N–H and O–H groups in total. The summed E-state index contributed by atoms with van der Waals surface area (Å²) >= 11 is 1.64. The van der Waals surface area contributed by atoms with Crippen LogP contribution in [-0.2, 0) is 16.4 Å². The van der Waals surface area contributed by atoms with E-state index < -0.39 is 10.0 Å².